The molecule has 0 unspecified atom stereocenters. The van der Waals surface area contributed by atoms with Crippen LogP contribution in [0.1, 0.15) is 38.0 Å². The summed E-state index contributed by atoms with van der Waals surface area (Å²) in [6, 6.07) is 14.8. The third-order valence-electron chi connectivity index (χ3n) is 5.29. The zero-order valence-corrected chi connectivity index (χ0v) is 18.3. The number of furan rings is 1. The Bertz CT molecular complexity index is 723. The van der Waals surface area contributed by atoms with Gasteiger partial charge in [0.05, 0.1) is 25.5 Å². The van der Waals surface area contributed by atoms with E-state index in [-0.39, 0.29) is 0 Å². The molecule has 0 bridgehead atoms. The first-order valence-corrected chi connectivity index (χ1v) is 11.1. The fourth-order valence-corrected chi connectivity index (χ4v) is 3.58. The summed E-state index contributed by atoms with van der Waals surface area (Å²) in [5, 5.41) is 7.13. The smallest absolute Gasteiger partial charge is 0.191 e. The van der Waals surface area contributed by atoms with E-state index in [1.807, 2.05) is 18.2 Å². The number of hydrogen-bond acceptors (Lipinski definition) is 4. The van der Waals surface area contributed by atoms with Gasteiger partial charge in [-0.3, -0.25) is 0 Å². The van der Waals surface area contributed by atoms with Crippen molar-refractivity contribution < 1.29 is 9.15 Å². The van der Waals surface area contributed by atoms with Crippen molar-refractivity contribution in [2.45, 2.75) is 51.8 Å². The van der Waals surface area contributed by atoms with Crippen LogP contribution in [-0.2, 0) is 17.7 Å². The van der Waals surface area contributed by atoms with Crippen LogP contribution in [0.4, 0.5) is 0 Å². The highest BCUT2D eigenvalue weighted by atomic mass is 16.5. The van der Waals surface area contributed by atoms with Crippen LogP contribution in [0.3, 0.4) is 0 Å². The van der Waals surface area contributed by atoms with Crippen molar-refractivity contribution in [1.29, 1.82) is 0 Å². The SMILES string of the molecule is CC(C)OCCN1CCC(NC(=NCc2ccccc2)NCCc2ccco2)CC1. The molecular weight excluding hydrogens is 376 g/mol. The Labute approximate surface area is 180 Å². The number of nitrogens with one attached hydrogen (secondary N) is 2. The van der Waals surface area contributed by atoms with Crippen LogP contribution in [0.5, 0.6) is 0 Å². The van der Waals surface area contributed by atoms with Gasteiger partial charge in [0.15, 0.2) is 5.96 Å². The molecule has 2 aromatic rings. The second-order valence-corrected chi connectivity index (χ2v) is 8.09. The highest BCUT2D eigenvalue weighted by Gasteiger charge is 2.20. The normalized spacial score (nSPS) is 16.2. The van der Waals surface area contributed by atoms with Gasteiger partial charge in [-0.1, -0.05) is 30.3 Å². The monoisotopic (exact) mass is 412 g/mol. The van der Waals surface area contributed by atoms with Crippen LogP contribution in [-0.4, -0.2) is 55.8 Å². The molecule has 6 nitrogen and oxygen atoms in total. The molecule has 30 heavy (non-hydrogen) atoms. The van der Waals surface area contributed by atoms with E-state index in [4.69, 9.17) is 14.1 Å². The first-order chi connectivity index (χ1) is 14.7. The summed E-state index contributed by atoms with van der Waals surface area (Å²) in [6.07, 6.45) is 5.10. The second-order valence-electron chi connectivity index (χ2n) is 8.09. The molecule has 0 saturated carbocycles. The maximum Gasteiger partial charge on any atom is 0.191 e. The lowest BCUT2D eigenvalue weighted by molar-refractivity contribution is 0.0532. The van der Waals surface area contributed by atoms with Gasteiger partial charge in [0.2, 0.25) is 0 Å². The molecule has 3 rings (SSSR count). The highest BCUT2D eigenvalue weighted by Crippen LogP contribution is 2.10. The number of ether oxygens (including phenoxy) is 1. The molecule has 0 atom stereocenters. The number of nitrogens with zero attached hydrogens (tertiary/aromatic N) is 2. The number of rotatable bonds is 10. The molecule has 6 heteroatoms. The maximum absolute atomic E-state index is 5.69. The first-order valence-electron chi connectivity index (χ1n) is 11.1. The zero-order valence-electron chi connectivity index (χ0n) is 18.3. The Morgan fingerprint density at radius 2 is 1.97 bits per heavy atom. The molecule has 164 valence electrons. The summed E-state index contributed by atoms with van der Waals surface area (Å²) in [5.74, 6) is 1.87. The molecule has 1 aliphatic rings. The fourth-order valence-electron chi connectivity index (χ4n) is 3.58. The van der Waals surface area contributed by atoms with Crippen LogP contribution in [0.2, 0.25) is 0 Å². The third kappa shape index (κ3) is 8.20. The largest absolute Gasteiger partial charge is 0.469 e. The molecule has 0 radical (unpaired) electrons. The lowest BCUT2D eigenvalue weighted by atomic mass is 10.1. The molecule has 0 amide bonds. The van der Waals surface area contributed by atoms with Gasteiger partial charge < -0.3 is 24.7 Å². The van der Waals surface area contributed by atoms with Crippen molar-refractivity contribution in [3.8, 4) is 0 Å². The van der Waals surface area contributed by atoms with Crippen LogP contribution in [0.25, 0.3) is 0 Å². The van der Waals surface area contributed by atoms with Gasteiger partial charge in [-0.25, -0.2) is 4.99 Å². The summed E-state index contributed by atoms with van der Waals surface area (Å²) in [7, 11) is 0. The Morgan fingerprint density at radius 1 is 1.17 bits per heavy atom. The molecule has 1 aliphatic heterocycles. The summed E-state index contributed by atoms with van der Waals surface area (Å²) in [5.41, 5.74) is 1.21. The van der Waals surface area contributed by atoms with Crippen LogP contribution < -0.4 is 10.6 Å². The molecule has 1 fully saturated rings. The Hall–Kier alpha value is -2.31. The number of guanidine groups is 1. The fraction of sp³-hybridized carbons (Fsp3) is 0.542. The summed E-state index contributed by atoms with van der Waals surface area (Å²) in [6.45, 7) is 9.66. The topological polar surface area (TPSA) is 62.0 Å². The van der Waals surface area contributed by atoms with Gasteiger partial charge in [-0.15, -0.1) is 0 Å². The predicted molar refractivity (Wildman–Crippen MR) is 122 cm³/mol. The van der Waals surface area contributed by atoms with Crippen molar-refractivity contribution in [2.24, 2.45) is 4.99 Å². The van der Waals surface area contributed by atoms with Crippen LogP contribution >= 0.6 is 0 Å². The van der Waals surface area contributed by atoms with Crippen molar-refractivity contribution >= 4 is 5.96 Å². The molecule has 1 aromatic carbocycles. The molecule has 0 spiro atoms. The van der Waals surface area contributed by atoms with Gasteiger partial charge >= 0.3 is 0 Å². The number of benzene rings is 1. The van der Waals surface area contributed by atoms with E-state index >= 15 is 0 Å². The van der Waals surface area contributed by atoms with Crippen LogP contribution in [0.15, 0.2) is 58.1 Å². The number of likely N-dealkylation sites (tertiary alicyclic amines) is 1. The summed E-state index contributed by atoms with van der Waals surface area (Å²) < 4.78 is 11.1. The Balaban J connectivity index is 1.47. The van der Waals surface area contributed by atoms with E-state index in [1.54, 1.807) is 6.26 Å². The van der Waals surface area contributed by atoms with E-state index in [2.05, 4.69) is 53.6 Å². The molecule has 1 saturated heterocycles. The van der Waals surface area contributed by atoms with Gasteiger partial charge in [0, 0.05) is 38.6 Å². The molecular formula is C24H36N4O2. The van der Waals surface area contributed by atoms with E-state index in [0.29, 0.717) is 18.7 Å². The van der Waals surface area contributed by atoms with Crippen molar-refractivity contribution in [3.05, 3.63) is 60.1 Å². The van der Waals surface area contributed by atoms with Crippen molar-refractivity contribution in [2.75, 3.05) is 32.8 Å². The molecule has 2 heterocycles. The van der Waals surface area contributed by atoms with E-state index in [1.165, 1.54) is 5.56 Å². The average molecular weight is 413 g/mol. The van der Waals surface area contributed by atoms with E-state index in [0.717, 1.165) is 63.8 Å². The Kier molecular flexibility index (Phi) is 9.25. The number of hydrogen-bond donors (Lipinski definition) is 2. The standard InChI is InChI=1S/C24H36N4O2/c1-20(2)29-18-16-28-14-11-22(12-15-28)27-24(25-13-10-23-9-6-17-30-23)26-19-21-7-4-3-5-8-21/h3-9,17,20,22H,10-16,18-19H2,1-2H3,(H2,25,26,27). The highest BCUT2D eigenvalue weighted by molar-refractivity contribution is 5.80. The van der Waals surface area contributed by atoms with Gasteiger partial charge in [0.25, 0.3) is 0 Å². The molecule has 0 aliphatic carbocycles. The maximum atomic E-state index is 5.69. The van der Waals surface area contributed by atoms with E-state index < -0.39 is 0 Å². The summed E-state index contributed by atoms with van der Waals surface area (Å²) in [4.78, 5) is 7.32. The average Bonchev–Trinajstić information content (AvgIpc) is 3.27. The Morgan fingerprint density at radius 3 is 2.67 bits per heavy atom. The van der Waals surface area contributed by atoms with Crippen molar-refractivity contribution in [1.82, 2.24) is 15.5 Å². The third-order valence-corrected chi connectivity index (χ3v) is 5.29. The number of aliphatic imine (C=N–C) groups is 1. The second kappa shape index (κ2) is 12.4. The predicted octanol–water partition coefficient (Wildman–Crippen LogP) is 3.45. The minimum Gasteiger partial charge on any atom is -0.469 e. The zero-order chi connectivity index (χ0) is 21.0. The quantitative estimate of drug-likeness (QED) is 0.462. The lowest BCUT2D eigenvalue weighted by Crippen LogP contribution is -2.49. The number of piperidine rings is 1. The minimum absolute atomic E-state index is 0.305. The van der Waals surface area contributed by atoms with Gasteiger partial charge in [-0.2, -0.15) is 0 Å². The van der Waals surface area contributed by atoms with E-state index in [9.17, 15) is 0 Å². The van der Waals surface area contributed by atoms with Crippen LogP contribution in [0, 0.1) is 0 Å². The van der Waals surface area contributed by atoms with Crippen molar-refractivity contribution in [3.63, 3.8) is 0 Å². The summed E-state index contributed by atoms with van der Waals surface area (Å²) >= 11 is 0. The molecule has 1 aromatic heterocycles. The lowest BCUT2D eigenvalue weighted by Gasteiger charge is -2.33. The van der Waals surface area contributed by atoms with Gasteiger partial charge in [0.1, 0.15) is 5.76 Å². The van der Waals surface area contributed by atoms with Gasteiger partial charge in [-0.05, 0) is 44.4 Å². The minimum atomic E-state index is 0.305. The first kappa shape index (κ1) is 22.4. The molecule has 2 N–H and O–H groups in total.